The lowest BCUT2D eigenvalue weighted by Crippen LogP contribution is -2.30. The predicted molar refractivity (Wildman–Crippen MR) is 129 cm³/mol. The Hall–Kier alpha value is -3.32. The summed E-state index contributed by atoms with van der Waals surface area (Å²) in [6, 6.07) is 21.4. The van der Waals surface area contributed by atoms with E-state index in [0.29, 0.717) is 17.8 Å². The average molecular weight is 465 g/mol. The quantitative estimate of drug-likeness (QED) is 0.525. The molecule has 1 aliphatic rings. The Morgan fingerprint density at radius 3 is 2.21 bits per heavy atom. The second kappa shape index (κ2) is 9.27. The van der Waals surface area contributed by atoms with E-state index in [1.165, 1.54) is 11.4 Å². The summed E-state index contributed by atoms with van der Waals surface area (Å²) < 4.78 is 32.4. The zero-order chi connectivity index (χ0) is 23.6. The molecule has 4 rings (SSSR count). The number of hydrogen-bond acceptors (Lipinski definition) is 4. The van der Waals surface area contributed by atoms with Crippen molar-refractivity contribution in [3.63, 3.8) is 0 Å². The summed E-state index contributed by atoms with van der Waals surface area (Å²) in [7, 11) is -0.528. The zero-order valence-electron chi connectivity index (χ0n) is 19.1. The van der Waals surface area contributed by atoms with Crippen LogP contribution >= 0.6 is 0 Å². The molecular formula is C26H28N2O4S. The number of ether oxygens (including phenoxy) is 1. The van der Waals surface area contributed by atoms with Crippen molar-refractivity contribution >= 4 is 21.6 Å². The summed E-state index contributed by atoms with van der Waals surface area (Å²) in [6.45, 7) is 2.61. The fourth-order valence-corrected chi connectivity index (χ4v) is 5.36. The van der Waals surface area contributed by atoms with E-state index in [9.17, 15) is 13.2 Å². The minimum Gasteiger partial charge on any atom is -0.497 e. The molecule has 1 amide bonds. The molecule has 0 saturated carbocycles. The topological polar surface area (TPSA) is 66.9 Å². The molecule has 1 fully saturated rings. The predicted octanol–water partition coefficient (Wildman–Crippen LogP) is 4.81. The van der Waals surface area contributed by atoms with Gasteiger partial charge in [0.1, 0.15) is 5.75 Å². The number of hydrogen-bond donors (Lipinski definition) is 0. The van der Waals surface area contributed by atoms with Gasteiger partial charge in [0.25, 0.3) is 15.9 Å². The van der Waals surface area contributed by atoms with Crippen molar-refractivity contribution in [3.8, 4) is 5.75 Å². The molecular weight excluding hydrogens is 436 g/mol. The Morgan fingerprint density at radius 2 is 1.61 bits per heavy atom. The molecule has 33 heavy (non-hydrogen) atoms. The molecule has 0 radical (unpaired) electrons. The maximum atomic E-state index is 13.3. The molecule has 1 saturated heterocycles. The minimum atomic E-state index is -3.68. The number of amides is 1. The first-order valence-corrected chi connectivity index (χ1v) is 12.4. The maximum absolute atomic E-state index is 13.3. The number of sulfonamides is 1. The van der Waals surface area contributed by atoms with E-state index < -0.39 is 10.0 Å². The molecule has 0 spiro atoms. The van der Waals surface area contributed by atoms with Crippen LogP contribution in [-0.4, -0.2) is 39.9 Å². The fraction of sp³-hybridized carbons (Fsp3) is 0.269. The Morgan fingerprint density at radius 1 is 0.970 bits per heavy atom. The standard InChI is InChI=1S/C26H28N2O4S/c1-19-6-16-24(17-7-19)33(30,31)27(2)22-12-8-21(9-13-22)26(29)28-18-4-5-25(28)20-10-14-23(32-3)15-11-20/h6-17,25H,4-5,18H2,1-3H3. The second-order valence-electron chi connectivity index (χ2n) is 8.26. The highest BCUT2D eigenvalue weighted by Gasteiger charge is 2.31. The highest BCUT2D eigenvalue weighted by Crippen LogP contribution is 2.34. The van der Waals surface area contributed by atoms with E-state index in [1.54, 1.807) is 55.6 Å². The highest BCUT2D eigenvalue weighted by atomic mass is 32.2. The summed E-state index contributed by atoms with van der Waals surface area (Å²) in [5, 5.41) is 0. The highest BCUT2D eigenvalue weighted by molar-refractivity contribution is 7.92. The van der Waals surface area contributed by atoms with Gasteiger partial charge >= 0.3 is 0 Å². The monoisotopic (exact) mass is 464 g/mol. The first-order valence-electron chi connectivity index (χ1n) is 10.9. The van der Waals surface area contributed by atoms with Crippen LogP contribution < -0.4 is 9.04 Å². The molecule has 1 atom stereocenters. The van der Waals surface area contributed by atoms with Crippen LogP contribution in [0.15, 0.2) is 77.7 Å². The lowest BCUT2D eigenvalue weighted by Gasteiger charge is -2.26. The van der Waals surface area contributed by atoms with Gasteiger partial charge in [-0.3, -0.25) is 9.10 Å². The molecule has 1 aliphatic heterocycles. The number of benzene rings is 3. The molecule has 0 aromatic heterocycles. The van der Waals surface area contributed by atoms with E-state index in [4.69, 9.17) is 4.74 Å². The fourth-order valence-electron chi connectivity index (χ4n) is 4.17. The number of anilines is 1. The van der Waals surface area contributed by atoms with Gasteiger partial charge in [0.2, 0.25) is 0 Å². The Labute approximate surface area is 195 Å². The second-order valence-corrected chi connectivity index (χ2v) is 10.2. The summed E-state index contributed by atoms with van der Waals surface area (Å²) >= 11 is 0. The molecule has 172 valence electrons. The maximum Gasteiger partial charge on any atom is 0.264 e. The molecule has 0 bridgehead atoms. The third-order valence-corrected chi connectivity index (χ3v) is 7.97. The number of methoxy groups -OCH3 is 1. The van der Waals surface area contributed by atoms with Crippen molar-refractivity contribution in [2.24, 2.45) is 0 Å². The van der Waals surface area contributed by atoms with Crippen LogP contribution in [0.1, 0.15) is 40.4 Å². The molecule has 3 aromatic rings. The van der Waals surface area contributed by atoms with E-state index in [2.05, 4.69) is 0 Å². The first kappa shape index (κ1) is 22.9. The van der Waals surface area contributed by atoms with E-state index in [-0.39, 0.29) is 16.8 Å². The lowest BCUT2D eigenvalue weighted by atomic mass is 10.0. The Balaban J connectivity index is 1.52. The summed E-state index contributed by atoms with van der Waals surface area (Å²) in [6.07, 6.45) is 1.85. The minimum absolute atomic E-state index is 0.0210. The zero-order valence-corrected chi connectivity index (χ0v) is 19.9. The number of carbonyl (C=O) groups excluding carboxylic acids is 1. The van der Waals surface area contributed by atoms with Gasteiger partial charge < -0.3 is 9.64 Å². The number of nitrogens with zero attached hydrogens (tertiary/aromatic N) is 2. The average Bonchev–Trinajstić information content (AvgIpc) is 3.33. The number of aryl methyl sites for hydroxylation is 1. The van der Waals surface area contributed by atoms with Crippen molar-refractivity contribution in [1.29, 1.82) is 0 Å². The number of rotatable bonds is 6. The van der Waals surface area contributed by atoms with E-state index in [1.807, 2.05) is 36.1 Å². The van der Waals surface area contributed by atoms with Gasteiger partial charge in [0.05, 0.1) is 23.7 Å². The van der Waals surface area contributed by atoms with Crippen LogP contribution in [-0.2, 0) is 10.0 Å². The normalized spacial score (nSPS) is 16.0. The molecule has 1 unspecified atom stereocenters. The van der Waals surface area contributed by atoms with Crippen molar-refractivity contribution in [1.82, 2.24) is 4.90 Å². The summed E-state index contributed by atoms with van der Waals surface area (Å²) in [4.78, 5) is 15.4. The van der Waals surface area contributed by atoms with Crippen LogP contribution in [0, 0.1) is 6.92 Å². The number of likely N-dealkylation sites (tertiary alicyclic amines) is 1. The van der Waals surface area contributed by atoms with Crippen LogP contribution in [0.3, 0.4) is 0 Å². The van der Waals surface area contributed by atoms with Crippen molar-refractivity contribution < 1.29 is 17.9 Å². The van der Waals surface area contributed by atoms with Gasteiger partial charge in [-0.25, -0.2) is 8.42 Å². The lowest BCUT2D eigenvalue weighted by molar-refractivity contribution is 0.0735. The SMILES string of the molecule is COc1ccc(C2CCCN2C(=O)c2ccc(N(C)S(=O)(=O)c3ccc(C)cc3)cc2)cc1. The molecule has 0 N–H and O–H groups in total. The summed E-state index contributed by atoms with van der Waals surface area (Å²) in [5.74, 6) is 0.735. The Kier molecular flexibility index (Phi) is 6.42. The van der Waals surface area contributed by atoms with Crippen LogP contribution in [0.25, 0.3) is 0 Å². The molecule has 0 aliphatic carbocycles. The van der Waals surface area contributed by atoms with Crippen molar-refractivity contribution in [3.05, 3.63) is 89.5 Å². The van der Waals surface area contributed by atoms with Gasteiger partial charge in [0.15, 0.2) is 0 Å². The van der Waals surface area contributed by atoms with Gasteiger partial charge in [-0.05, 0) is 73.9 Å². The smallest absolute Gasteiger partial charge is 0.264 e. The molecule has 1 heterocycles. The first-order chi connectivity index (χ1) is 15.8. The van der Waals surface area contributed by atoms with Crippen LogP contribution in [0.2, 0.25) is 0 Å². The molecule has 7 heteroatoms. The third-order valence-electron chi connectivity index (χ3n) is 6.17. The largest absolute Gasteiger partial charge is 0.497 e. The van der Waals surface area contributed by atoms with Gasteiger partial charge in [-0.1, -0.05) is 29.8 Å². The van der Waals surface area contributed by atoms with Gasteiger partial charge in [-0.2, -0.15) is 0 Å². The summed E-state index contributed by atoms with van der Waals surface area (Å²) in [5.41, 5.74) is 3.12. The van der Waals surface area contributed by atoms with Crippen molar-refractivity contribution in [2.75, 3.05) is 25.0 Å². The Bertz CT molecular complexity index is 1220. The molecule has 6 nitrogen and oxygen atoms in total. The van der Waals surface area contributed by atoms with Crippen molar-refractivity contribution in [2.45, 2.75) is 30.7 Å². The third kappa shape index (κ3) is 4.59. The van der Waals surface area contributed by atoms with Gasteiger partial charge in [0, 0.05) is 19.2 Å². The molecule has 3 aromatic carbocycles. The van der Waals surface area contributed by atoms with Crippen LogP contribution in [0.4, 0.5) is 5.69 Å². The number of carbonyl (C=O) groups is 1. The van der Waals surface area contributed by atoms with Gasteiger partial charge in [-0.15, -0.1) is 0 Å². The van der Waals surface area contributed by atoms with E-state index >= 15 is 0 Å². The van der Waals surface area contributed by atoms with E-state index in [0.717, 1.165) is 29.7 Å². The van der Waals surface area contributed by atoms with Crippen LogP contribution in [0.5, 0.6) is 5.75 Å².